The van der Waals surface area contributed by atoms with Gasteiger partial charge in [-0.05, 0) is 48.2 Å². The van der Waals surface area contributed by atoms with Crippen LogP contribution in [0.2, 0.25) is 0 Å². The van der Waals surface area contributed by atoms with Crippen molar-refractivity contribution in [1.29, 1.82) is 0 Å². The van der Waals surface area contributed by atoms with Crippen molar-refractivity contribution in [3.05, 3.63) is 29.0 Å². The van der Waals surface area contributed by atoms with Gasteiger partial charge in [0.15, 0.2) is 4.77 Å². The molecule has 0 amide bonds. The molecule has 4 heteroatoms. The minimum Gasteiger partial charge on any atom is -0.331 e. The Bertz CT molecular complexity index is 549. The zero-order chi connectivity index (χ0) is 11.0. The summed E-state index contributed by atoms with van der Waals surface area (Å²) in [5.41, 5.74) is 2.39. The molecule has 1 aliphatic rings. The van der Waals surface area contributed by atoms with Crippen LogP contribution in [0, 0.1) is 10.7 Å². The highest BCUT2D eigenvalue weighted by Gasteiger charge is 2.17. The topological polar surface area (TPSA) is 20.7 Å². The van der Waals surface area contributed by atoms with E-state index in [-0.39, 0.29) is 0 Å². The van der Waals surface area contributed by atoms with E-state index in [1.807, 2.05) is 6.07 Å². The molecule has 1 fully saturated rings. The van der Waals surface area contributed by atoms with E-state index in [1.165, 1.54) is 23.4 Å². The molecule has 2 aromatic rings. The average Bonchev–Trinajstić information content (AvgIpc) is 2.89. The summed E-state index contributed by atoms with van der Waals surface area (Å²) in [7, 11) is 0. The number of nitrogens with zero attached hydrogens (tertiary/aromatic N) is 1. The summed E-state index contributed by atoms with van der Waals surface area (Å²) in [5.74, 6) is 3.37. The normalized spacial score (nSPS) is 20.6. The zero-order valence-electron chi connectivity index (χ0n) is 8.98. The molecule has 1 atom stereocenters. The van der Waals surface area contributed by atoms with Crippen LogP contribution in [0.15, 0.2) is 24.3 Å². The van der Waals surface area contributed by atoms with E-state index < -0.39 is 0 Å². The number of rotatable bonds is 2. The van der Waals surface area contributed by atoms with Gasteiger partial charge in [-0.15, -0.1) is 0 Å². The van der Waals surface area contributed by atoms with Crippen molar-refractivity contribution in [1.82, 2.24) is 9.55 Å². The van der Waals surface area contributed by atoms with E-state index in [9.17, 15) is 0 Å². The lowest BCUT2D eigenvalue weighted by atomic mass is 10.1. The first kappa shape index (κ1) is 10.4. The molecular weight excluding hydrogens is 236 g/mol. The number of fused-ring (bicyclic) bond motifs is 1. The molecule has 0 bridgehead atoms. The van der Waals surface area contributed by atoms with Crippen LogP contribution in [0.4, 0.5) is 0 Å². The number of benzene rings is 1. The van der Waals surface area contributed by atoms with Gasteiger partial charge in [0, 0.05) is 6.54 Å². The number of thioether (sulfide) groups is 1. The quantitative estimate of drug-likeness (QED) is 0.824. The Hall–Kier alpha value is -0.740. The standard InChI is InChI=1S/C12H14N2S2/c15-12-13-10-3-1-2-4-11(10)14(12)7-9-5-6-16-8-9/h1-4,9H,5-8H2,(H,13,15). The lowest BCUT2D eigenvalue weighted by Gasteiger charge is -2.09. The van der Waals surface area contributed by atoms with Crippen molar-refractivity contribution in [3.63, 3.8) is 0 Å². The summed E-state index contributed by atoms with van der Waals surface area (Å²) < 4.78 is 3.11. The van der Waals surface area contributed by atoms with Crippen molar-refractivity contribution < 1.29 is 0 Å². The zero-order valence-corrected chi connectivity index (χ0v) is 10.6. The maximum atomic E-state index is 5.39. The third-order valence-corrected chi connectivity index (χ3v) is 4.70. The first-order valence-corrected chi connectivity index (χ1v) is 7.16. The summed E-state index contributed by atoms with van der Waals surface area (Å²) in [4.78, 5) is 3.27. The first-order valence-electron chi connectivity index (χ1n) is 5.60. The lowest BCUT2D eigenvalue weighted by Crippen LogP contribution is -2.09. The molecule has 0 radical (unpaired) electrons. The summed E-state index contributed by atoms with van der Waals surface area (Å²) in [6.07, 6.45) is 1.33. The fourth-order valence-electron chi connectivity index (χ4n) is 2.27. The van der Waals surface area contributed by atoms with Crippen LogP contribution >= 0.6 is 24.0 Å². The number of H-pyrrole nitrogens is 1. The van der Waals surface area contributed by atoms with E-state index >= 15 is 0 Å². The molecular formula is C12H14N2S2. The van der Waals surface area contributed by atoms with Gasteiger partial charge in [0.2, 0.25) is 0 Å². The Morgan fingerprint density at radius 2 is 2.31 bits per heavy atom. The highest BCUT2D eigenvalue weighted by molar-refractivity contribution is 7.99. The van der Waals surface area contributed by atoms with Gasteiger partial charge in [-0.25, -0.2) is 0 Å². The summed E-state index contributed by atoms with van der Waals surface area (Å²) in [6.45, 7) is 1.07. The Kier molecular flexibility index (Phi) is 2.77. The monoisotopic (exact) mass is 250 g/mol. The van der Waals surface area contributed by atoms with E-state index in [4.69, 9.17) is 12.2 Å². The Morgan fingerprint density at radius 3 is 3.12 bits per heavy atom. The summed E-state index contributed by atoms with van der Waals surface area (Å²) >= 11 is 7.45. The minimum absolute atomic E-state index is 0.788. The SMILES string of the molecule is S=c1[nH]c2ccccc2n1CC1CCSC1. The lowest BCUT2D eigenvalue weighted by molar-refractivity contribution is 0.497. The number of aromatic nitrogens is 2. The van der Waals surface area contributed by atoms with E-state index in [0.29, 0.717) is 0 Å². The Balaban J connectivity index is 2.01. The van der Waals surface area contributed by atoms with Gasteiger partial charge in [0.05, 0.1) is 11.0 Å². The molecule has 1 N–H and O–H groups in total. The second-order valence-corrected chi connectivity index (χ2v) is 5.82. The molecule has 0 spiro atoms. The highest BCUT2D eigenvalue weighted by Crippen LogP contribution is 2.26. The summed E-state index contributed by atoms with van der Waals surface area (Å²) in [6, 6.07) is 8.35. The maximum absolute atomic E-state index is 5.39. The van der Waals surface area contributed by atoms with Crippen molar-refractivity contribution in [2.75, 3.05) is 11.5 Å². The molecule has 1 unspecified atom stereocenters. The van der Waals surface area contributed by atoms with Gasteiger partial charge in [-0.2, -0.15) is 11.8 Å². The van der Waals surface area contributed by atoms with E-state index in [2.05, 4.69) is 39.5 Å². The fourth-order valence-corrected chi connectivity index (χ4v) is 3.83. The molecule has 1 aromatic carbocycles. The molecule has 84 valence electrons. The highest BCUT2D eigenvalue weighted by atomic mass is 32.2. The van der Waals surface area contributed by atoms with Crippen LogP contribution < -0.4 is 0 Å². The molecule has 0 saturated carbocycles. The number of para-hydroxylation sites is 2. The number of hydrogen-bond donors (Lipinski definition) is 1. The van der Waals surface area contributed by atoms with Gasteiger partial charge in [0.25, 0.3) is 0 Å². The van der Waals surface area contributed by atoms with Gasteiger partial charge >= 0.3 is 0 Å². The number of hydrogen-bond acceptors (Lipinski definition) is 2. The van der Waals surface area contributed by atoms with Crippen molar-refractivity contribution >= 4 is 35.0 Å². The van der Waals surface area contributed by atoms with Crippen LogP contribution in [-0.4, -0.2) is 21.1 Å². The third-order valence-electron chi connectivity index (χ3n) is 3.15. The fraction of sp³-hybridized carbons (Fsp3) is 0.417. The number of imidazole rings is 1. The second kappa shape index (κ2) is 4.26. The van der Waals surface area contributed by atoms with Crippen LogP contribution in [-0.2, 0) is 6.54 Å². The van der Waals surface area contributed by atoms with Crippen LogP contribution in [0.5, 0.6) is 0 Å². The van der Waals surface area contributed by atoms with Crippen LogP contribution in [0.25, 0.3) is 11.0 Å². The van der Waals surface area contributed by atoms with Crippen molar-refractivity contribution in [3.8, 4) is 0 Å². The van der Waals surface area contributed by atoms with Gasteiger partial charge in [0.1, 0.15) is 0 Å². The first-order chi connectivity index (χ1) is 7.84. The van der Waals surface area contributed by atoms with Gasteiger partial charge < -0.3 is 9.55 Å². The largest absolute Gasteiger partial charge is 0.331 e. The predicted octanol–water partition coefficient (Wildman–Crippen LogP) is 3.45. The van der Waals surface area contributed by atoms with Crippen molar-refractivity contribution in [2.45, 2.75) is 13.0 Å². The van der Waals surface area contributed by atoms with Crippen molar-refractivity contribution in [2.24, 2.45) is 5.92 Å². The molecule has 2 nitrogen and oxygen atoms in total. The Morgan fingerprint density at radius 1 is 1.44 bits per heavy atom. The smallest absolute Gasteiger partial charge is 0.178 e. The number of aromatic amines is 1. The van der Waals surface area contributed by atoms with Crippen LogP contribution in [0.1, 0.15) is 6.42 Å². The molecule has 1 saturated heterocycles. The minimum atomic E-state index is 0.788. The van der Waals surface area contributed by atoms with Gasteiger partial charge in [-0.1, -0.05) is 12.1 Å². The second-order valence-electron chi connectivity index (χ2n) is 4.29. The molecule has 0 aliphatic carbocycles. The average molecular weight is 250 g/mol. The molecule has 1 aromatic heterocycles. The maximum Gasteiger partial charge on any atom is 0.178 e. The molecule has 2 heterocycles. The third kappa shape index (κ3) is 1.80. The predicted molar refractivity (Wildman–Crippen MR) is 72.6 cm³/mol. The van der Waals surface area contributed by atoms with Crippen LogP contribution in [0.3, 0.4) is 0 Å². The molecule has 16 heavy (non-hydrogen) atoms. The van der Waals surface area contributed by atoms with Gasteiger partial charge in [-0.3, -0.25) is 0 Å². The Labute approximate surface area is 104 Å². The molecule has 3 rings (SSSR count). The van der Waals surface area contributed by atoms with E-state index in [1.54, 1.807) is 0 Å². The summed E-state index contributed by atoms with van der Waals surface area (Å²) in [5, 5.41) is 0. The number of nitrogens with one attached hydrogen (secondary N) is 1. The van der Waals surface area contributed by atoms with E-state index in [0.717, 1.165) is 22.8 Å². The molecule has 1 aliphatic heterocycles.